The van der Waals surface area contributed by atoms with E-state index in [1.165, 1.54) is 12.8 Å². The number of para-hydroxylation sites is 1. The van der Waals surface area contributed by atoms with Crippen LogP contribution in [0.4, 0.5) is 0 Å². The van der Waals surface area contributed by atoms with Crippen molar-refractivity contribution >= 4 is 5.91 Å². The van der Waals surface area contributed by atoms with Crippen LogP contribution in [0.15, 0.2) is 24.3 Å². The molecule has 4 heteroatoms. The molecule has 100 valence electrons. The van der Waals surface area contributed by atoms with Gasteiger partial charge in [-0.3, -0.25) is 4.79 Å². The Morgan fingerprint density at radius 3 is 2.58 bits per heavy atom. The highest BCUT2D eigenvalue weighted by Gasteiger charge is 2.16. The van der Waals surface area contributed by atoms with E-state index in [1.807, 2.05) is 4.90 Å². The summed E-state index contributed by atoms with van der Waals surface area (Å²) in [6, 6.07) is 9.04. The Hall–Kier alpha value is -2.02. The third kappa shape index (κ3) is 3.72. The van der Waals surface area contributed by atoms with Gasteiger partial charge in [0.05, 0.1) is 5.56 Å². The molecule has 0 saturated carbocycles. The molecule has 1 amide bonds. The van der Waals surface area contributed by atoms with Crippen LogP contribution in [0, 0.1) is 11.3 Å². The fourth-order valence-corrected chi connectivity index (χ4v) is 2.24. The van der Waals surface area contributed by atoms with E-state index in [2.05, 4.69) is 6.07 Å². The highest BCUT2D eigenvalue weighted by Crippen LogP contribution is 2.17. The van der Waals surface area contributed by atoms with Crippen molar-refractivity contribution in [2.24, 2.45) is 0 Å². The maximum atomic E-state index is 12.0. The zero-order valence-corrected chi connectivity index (χ0v) is 11.0. The van der Waals surface area contributed by atoms with E-state index in [9.17, 15) is 4.79 Å². The molecular formula is C15H18N2O2. The summed E-state index contributed by atoms with van der Waals surface area (Å²) in [6.07, 6.45) is 4.53. The lowest BCUT2D eigenvalue weighted by molar-refractivity contribution is -0.133. The van der Waals surface area contributed by atoms with Crippen LogP contribution in [0.2, 0.25) is 0 Å². The Labute approximate surface area is 113 Å². The van der Waals surface area contributed by atoms with Crippen molar-refractivity contribution < 1.29 is 9.53 Å². The molecule has 1 fully saturated rings. The molecule has 0 aliphatic carbocycles. The van der Waals surface area contributed by atoms with Crippen LogP contribution in [0.1, 0.15) is 31.2 Å². The lowest BCUT2D eigenvalue weighted by atomic mass is 10.2. The fraction of sp³-hybridized carbons (Fsp3) is 0.467. The van der Waals surface area contributed by atoms with Crippen LogP contribution < -0.4 is 4.74 Å². The third-order valence-electron chi connectivity index (χ3n) is 3.32. The zero-order valence-electron chi connectivity index (χ0n) is 11.0. The van der Waals surface area contributed by atoms with Crippen molar-refractivity contribution in [1.29, 1.82) is 5.26 Å². The van der Waals surface area contributed by atoms with E-state index in [0.29, 0.717) is 11.3 Å². The molecule has 1 saturated heterocycles. The molecule has 1 heterocycles. The van der Waals surface area contributed by atoms with Crippen molar-refractivity contribution in [2.75, 3.05) is 19.7 Å². The van der Waals surface area contributed by atoms with Gasteiger partial charge in [-0.2, -0.15) is 5.26 Å². The lowest BCUT2D eigenvalue weighted by Crippen LogP contribution is -2.35. The average Bonchev–Trinajstić information content (AvgIpc) is 2.74. The maximum Gasteiger partial charge on any atom is 0.260 e. The van der Waals surface area contributed by atoms with Crippen LogP contribution in [0.25, 0.3) is 0 Å². The number of rotatable bonds is 3. The first-order chi connectivity index (χ1) is 9.31. The molecule has 0 atom stereocenters. The topological polar surface area (TPSA) is 53.3 Å². The number of benzene rings is 1. The molecule has 0 aromatic heterocycles. The van der Waals surface area contributed by atoms with E-state index in [0.717, 1.165) is 25.9 Å². The lowest BCUT2D eigenvalue weighted by Gasteiger charge is -2.20. The molecule has 0 radical (unpaired) electrons. The van der Waals surface area contributed by atoms with Crippen molar-refractivity contribution in [2.45, 2.75) is 25.7 Å². The van der Waals surface area contributed by atoms with E-state index in [-0.39, 0.29) is 12.5 Å². The second-order valence-corrected chi connectivity index (χ2v) is 4.69. The van der Waals surface area contributed by atoms with Gasteiger partial charge >= 0.3 is 0 Å². The molecule has 1 aliphatic rings. The van der Waals surface area contributed by atoms with Crippen LogP contribution >= 0.6 is 0 Å². The Morgan fingerprint density at radius 1 is 1.21 bits per heavy atom. The predicted molar refractivity (Wildman–Crippen MR) is 71.7 cm³/mol. The summed E-state index contributed by atoms with van der Waals surface area (Å²) in [5.41, 5.74) is 0.464. The molecule has 0 N–H and O–H groups in total. The summed E-state index contributed by atoms with van der Waals surface area (Å²) in [6.45, 7) is 1.66. The minimum absolute atomic E-state index is 0.00893. The summed E-state index contributed by atoms with van der Waals surface area (Å²) in [5, 5.41) is 8.94. The first-order valence-corrected chi connectivity index (χ1v) is 6.71. The SMILES string of the molecule is N#Cc1ccccc1OCC(=O)N1CCCCCC1. The molecule has 0 unspecified atom stereocenters. The van der Waals surface area contributed by atoms with Crippen molar-refractivity contribution in [3.05, 3.63) is 29.8 Å². The minimum atomic E-state index is 0.00893. The van der Waals surface area contributed by atoms with Gasteiger partial charge in [-0.15, -0.1) is 0 Å². The highest BCUT2D eigenvalue weighted by atomic mass is 16.5. The van der Waals surface area contributed by atoms with Gasteiger partial charge in [-0.05, 0) is 25.0 Å². The molecule has 1 aliphatic heterocycles. The smallest absolute Gasteiger partial charge is 0.260 e. The van der Waals surface area contributed by atoms with Gasteiger partial charge in [0.2, 0.25) is 0 Å². The summed E-state index contributed by atoms with van der Waals surface area (Å²) in [5.74, 6) is 0.489. The molecule has 1 aromatic rings. The summed E-state index contributed by atoms with van der Waals surface area (Å²) in [7, 11) is 0. The van der Waals surface area contributed by atoms with Crippen molar-refractivity contribution in [1.82, 2.24) is 4.90 Å². The van der Waals surface area contributed by atoms with E-state index in [4.69, 9.17) is 10.00 Å². The highest BCUT2D eigenvalue weighted by molar-refractivity contribution is 5.77. The quantitative estimate of drug-likeness (QED) is 0.836. The molecular weight excluding hydrogens is 240 g/mol. The van der Waals surface area contributed by atoms with Crippen LogP contribution in [0.3, 0.4) is 0 Å². The van der Waals surface area contributed by atoms with Gasteiger partial charge in [0.1, 0.15) is 11.8 Å². The number of hydrogen-bond acceptors (Lipinski definition) is 3. The molecule has 4 nitrogen and oxygen atoms in total. The van der Waals surface area contributed by atoms with Crippen LogP contribution in [0.5, 0.6) is 5.75 Å². The zero-order chi connectivity index (χ0) is 13.5. The third-order valence-corrected chi connectivity index (χ3v) is 3.32. The number of likely N-dealkylation sites (tertiary alicyclic amines) is 1. The monoisotopic (exact) mass is 258 g/mol. The number of carbonyl (C=O) groups excluding carboxylic acids is 1. The first kappa shape index (κ1) is 13.4. The first-order valence-electron chi connectivity index (χ1n) is 6.71. The van der Waals surface area contributed by atoms with Gasteiger partial charge in [-0.25, -0.2) is 0 Å². The summed E-state index contributed by atoms with van der Waals surface area (Å²) >= 11 is 0. The maximum absolute atomic E-state index is 12.0. The molecule has 19 heavy (non-hydrogen) atoms. The fourth-order valence-electron chi connectivity index (χ4n) is 2.24. The van der Waals surface area contributed by atoms with Gasteiger partial charge < -0.3 is 9.64 Å². The van der Waals surface area contributed by atoms with Crippen LogP contribution in [-0.2, 0) is 4.79 Å². The Morgan fingerprint density at radius 2 is 1.89 bits per heavy atom. The standard InChI is InChI=1S/C15H18N2O2/c16-11-13-7-3-4-8-14(13)19-12-15(18)17-9-5-1-2-6-10-17/h3-4,7-8H,1-2,5-6,9-10,12H2. The summed E-state index contributed by atoms with van der Waals surface area (Å²) in [4.78, 5) is 13.9. The molecule has 1 aromatic carbocycles. The number of nitrogens with zero attached hydrogens (tertiary/aromatic N) is 2. The Balaban J connectivity index is 1.91. The predicted octanol–water partition coefficient (Wildman–Crippen LogP) is 2.34. The second kappa shape index (κ2) is 6.79. The Bertz CT molecular complexity index is 471. The normalized spacial score (nSPS) is 15.4. The van der Waals surface area contributed by atoms with Gasteiger partial charge in [0.25, 0.3) is 5.91 Å². The Kier molecular flexibility index (Phi) is 4.79. The number of carbonyl (C=O) groups is 1. The molecule has 0 spiro atoms. The van der Waals surface area contributed by atoms with Gasteiger partial charge in [-0.1, -0.05) is 25.0 Å². The number of hydrogen-bond donors (Lipinski definition) is 0. The second-order valence-electron chi connectivity index (χ2n) is 4.69. The van der Waals surface area contributed by atoms with Crippen molar-refractivity contribution in [3.63, 3.8) is 0 Å². The average molecular weight is 258 g/mol. The van der Waals surface area contributed by atoms with Gasteiger partial charge in [0.15, 0.2) is 6.61 Å². The summed E-state index contributed by atoms with van der Waals surface area (Å²) < 4.78 is 5.47. The largest absolute Gasteiger partial charge is 0.482 e. The number of ether oxygens (including phenoxy) is 1. The number of nitriles is 1. The van der Waals surface area contributed by atoms with E-state index in [1.54, 1.807) is 24.3 Å². The van der Waals surface area contributed by atoms with Gasteiger partial charge in [0, 0.05) is 13.1 Å². The van der Waals surface area contributed by atoms with E-state index < -0.39 is 0 Å². The van der Waals surface area contributed by atoms with Crippen molar-refractivity contribution in [3.8, 4) is 11.8 Å². The van der Waals surface area contributed by atoms with E-state index >= 15 is 0 Å². The molecule has 0 bridgehead atoms. The van der Waals surface area contributed by atoms with Crippen LogP contribution in [-0.4, -0.2) is 30.5 Å². The minimum Gasteiger partial charge on any atom is -0.482 e. The molecule has 2 rings (SSSR count). The number of amides is 1.